The molecule has 1 aliphatic heterocycles. The Hall–Kier alpha value is -3.09. The second-order valence-corrected chi connectivity index (χ2v) is 4.38. The standard InChI is InChI=1S/C11H12N6O4/c12-5-7-6-14-10(13)9(17(20)21)8(7)15-1-3-16(4-2-15)11(18)19/h6H,1-4H2,(H2,13,14)(H,18,19). The van der Waals surface area contributed by atoms with Crippen LogP contribution in [0.1, 0.15) is 5.56 Å². The zero-order valence-electron chi connectivity index (χ0n) is 10.9. The highest BCUT2D eigenvalue weighted by atomic mass is 16.6. The van der Waals surface area contributed by atoms with E-state index in [0.29, 0.717) is 0 Å². The number of carboxylic acid groups (broad SMARTS) is 1. The van der Waals surface area contributed by atoms with E-state index in [1.165, 1.54) is 11.1 Å². The molecule has 1 saturated heterocycles. The van der Waals surface area contributed by atoms with Crippen LogP contribution in [-0.2, 0) is 0 Å². The van der Waals surface area contributed by atoms with E-state index in [2.05, 4.69) is 4.98 Å². The van der Waals surface area contributed by atoms with Crippen LogP contribution in [0.25, 0.3) is 0 Å². The van der Waals surface area contributed by atoms with E-state index in [1.54, 1.807) is 4.90 Å². The van der Waals surface area contributed by atoms with Crippen molar-refractivity contribution in [3.8, 4) is 6.07 Å². The number of hydrogen-bond donors (Lipinski definition) is 2. The normalized spacial score (nSPS) is 14.6. The molecule has 10 heteroatoms. The summed E-state index contributed by atoms with van der Waals surface area (Å²) in [6, 6.07) is 1.86. The molecule has 0 bridgehead atoms. The van der Waals surface area contributed by atoms with Crippen molar-refractivity contribution < 1.29 is 14.8 Å². The predicted molar refractivity (Wildman–Crippen MR) is 71.8 cm³/mol. The van der Waals surface area contributed by atoms with Crippen molar-refractivity contribution in [1.82, 2.24) is 9.88 Å². The summed E-state index contributed by atoms with van der Waals surface area (Å²) in [5.41, 5.74) is 5.25. The van der Waals surface area contributed by atoms with Gasteiger partial charge in [-0.25, -0.2) is 9.78 Å². The second kappa shape index (κ2) is 5.49. The number of anilines is 2. The quantitative estimate of drug-likeness (QED) is 0.581. The molecule has 1 fully saturated rings. The Morgan fingerprint density at radius 3 is 2.57 bits per heavy atom. The molecule has 1 aromatic heterocycles. The van der Waals surface area contributed by atoms with Crippen LogP contribution in [0.4, 0.5) is 22.0 Å². The number of nitriles is 1. The zero-order valence-corrected chi connectivity index (χ0v) is 10.9. The molecule has 2 rings (SSSR count). The summed E-state index contributed by atoms with van der Waals surface area (Å²) in [4.78, 5) is 27.8. The van der Waals surface area contributed by atoms with Crippen LogP contribution in [0.15, 0.2) is 6.20 Å². The Kier molecular flexibility index (Phi) is 3.75. The minimum Gasteiger partial charge on any atom is -0.465 e. The highest BCUT2D eigenvalue weighted by Crippen LogP contribution is 2.35. The SMILES string of the molecule is N#Cc1cnc(N)c([N+](=O)[O-])c1N1CCN(C(=O)O)CC1. The molecule has 0 aliphatic carbocycles. The van der Waals surface area contributed by atoms with E-state index >= 15 is 0 Å². The lowest BCUT2D eigenvalue weighted by Gasteiger charge is -2.34. The van der Waals surface area contributed by atoms with Crippen molar-refractivity contribution in [3.05, 3.63) is 21.9 Å². The summed E-state index contributed by atoms with van der Waals surface area (Å²) in [6.07, 6.45) is 0.139. The van der Waals surface area contributed by atoms with Gasteiger partial charge >= 0.3 is 11.8 Å². The maximum Gasteiger partial charge on any atom is 0.407 e. The topological polar surface area (TPSA) is 150 Å². The third kappa shape index (κ3) is 2.62. The van der Waals surface area contributed by atoms with Gasteiger partial charge in [-0.1, -0.05) is 0 Å². The summed E-state index contributed by atoms with van der Waals surface area (Å²) in [5, 5.41) is 29.2. The van der Waals surface area contributed by atoms with Crippen molar-refractivity contribution >= 4 is 23.3 Å². The maximum atomic E-state index is 11.2. The first-order valence-corrected chi connectivity index (χ1v) is 6.01. The summed E-state index contributed by atoms with van der Waals surface area (Å²) in [7, 11) is 0. The Labute approximate surface area is 119 Å². The van der Waals surface area contributed by atoms with Gasteiger partial charge in [0, 0.05) is 32.4 Å². The third-order valence-electron chi connectivity index (χ3n) is 3.22. The molecule has 1 aromatic rings. The first-order valence-electron chi connectivity index (χ1n) is 6.01. The second-order valence-electron chi connectivity index (χ2n) is 4.38. The van der Waals surface area contributed by atoms with Gasteiger partial charge in [-0.05, 0) is 0 Å². The fourth-order valence-electron chi connectivity index (χ4n) is 2.21. The molecule has 1 aliphatic rings. The van der Waals surface area contributed by atoms with Gasteiger partial charge in [0.15, 0.2) is 0 Å². The number of nitrogen functional groups attached to an aromatic ring is 1. The van der Waals surface area contributed by atoms with Crippen molar-refractivity contribution in [2.75, 3.05) is 36.8 Å². The highest BCUT2D eigenvalue weighted by Gasteiger charge is 2.30. The van der Waals surface area contributed by atoms with E-state index < -0.39 is 16.7 Å². The van der Waals surface area contributed by atoms with E-state index in [-0.39, 0.29) is 43.2 Å². The van der Waals surface area contributed by atoms with Crippen molar-refractivity contribution in [1.29, 1.82) is 5.26 Å². The van der Waals surface area contributed by atoms with Crippen LogP contribution in [-0.4, -0.2) is 52.2 Å². The first-order chi connectivity index (χ1) is 9.95. The number of carbonyl (C=O) groups is 1. The van der Waals surface area contributed by atoms with Crippen LogP contribution in [0.2, 0.25) is 0 Å². The van der Waals surface area contributed by atoms with Gasteiger partial charge in [-0.2, -0.15) is 5.26 Å². The van der Waals surface area contributed by atoms with E-state index in [1.807, 2.05) is 6.07 Å². The monoisotopic (exact) mass is 292 g/mol. The summed E-state index contributed by atoms with van der Waals surface area (Å²) in [5.74, 6) is -0.269. The highest BCUT2D eigenvalue weighted by molar-refractivity contribution is 5.78. The molecule has 0 spiro atoms. The van der Waals surface area contributed by atoms with E-state index in [4.69, 9.17) is 16.1 Å². The minimum absolute atomic E-state index is 0.0414. The molecule has 0 atom stereocenters. The first kappa shape index (κ1) is 14.3. The minimum atomic E-state index is -1.04. The molecule has 2 heterocycles. The average Bonchev–Trinajstić information content (AvgIpc) is 2.46. The zero-order chi connectivity index (χ0) is 15.6. The predicted octanol–water partition coefficient (Wildman–Crippen LogP) is 0.244. The van der Waals surface area contributed by atoms with Crippen molar-refractivity contribution in [3.63, 3.8) is 0 Å². The van der Waals surface area contributed by atoms with Crippen LogP contribution in [0.5, 0.6) is 0 Å². The molecule has 110 valence electrons. The molecular formula is C11H12N6O4. The van der Waals surface area contributed by atoms with Gasteiger partial charge in [0.2, 0.25) is 5.82 Å². The molecule has 0 saturated carbocycles. The number of hydrogen-bond acceptors (Lipinski definition) is 7. The molecule has 0 radical (unpaired) electrons. The van der Waals surface area contributed by atoms with Crippen LogP contribution in [0.3, 0.4) is 0 Å². The molecule has 21 heavy (non-hydrogen) atoms. The van der Waals surface area contributed by atoms with E-state index in [0.717, 1.165) is 0 Å². The van der Waals surface area contributed by atoms with Gasteiger partial charge in [0.1, 0.15) is 17.3 Å². The number of aromatic nitrogens is 1. The lowest BCUT2D eigenvalue weighted by Crippen LogP contribution is -2.48. The van der Waals surface area contributed by atoms with Crippen molar-refractivity contribution in [2.45, 2.75) is 0 Å². The number of amides is 1. The van der Waals surface area contributed by atoms with Crippen molar-refractivity contribution in [2.24, 2.45) is 0 Å². The number of pyridine rings is 1. The average molecular weight is 292 g/mol. The molecule has 0 unspecified atom stereocenters. The number of nitrogens with two attached hydrogens (primary N) is 1. The largest absolute Gasteiger partial charge is 0.465 e. The number of piperazine rings is 1. The Morgan fingerprint density at radius 1 is 1.48 bits per heavy atom. The molecule has 1 amide bonds. The Bertz CT molecular complexity index is 632. The van der Waals surface area contributed by atoms with Crippen LogP contribution >= 0.6 is 0 Å². The molecule has 10 nitrogen and oxygen atoms in total. The lowest BCUT2D eigenvalue weighted by atomic mass is 10.1. The smallest absolute Gasteiger partial charge is 0.407 e. The van der Waals surface area contributed by atoms with Gasteiger partial charge in [0.25, 0.3) is 0 Å². The Balaban J connectivity index is 2.40. The summed E-state index contributed by atoms with van der Waals surface area (Å²) < 4.78 is 0. The Morgan fingerprint density at radius 2 is 2.10 bits per heavy atom. The maximum absolute atomic E-state index is 11.2. The molecular weight excluding hydrogens is 280 g/mol. The fourth-order valence-corrected chi connectivity index (χ4v) is 2.21. The van der Waals surface area contributed by atoms with Crippen LogP contribution < -0.4 is 10.6 Å². The number of nitro groups is 1. The molecule has 0 aromatic carbocycles. The van der Waals surface area contributed by atoms with Crippen LogP contribution in [0, 0.1) is 21.4 Å². The van der Waals surface area contributed by atoms with Gasteiger partial charge in [-0.3, -0.25) is 10.1 Å². The summed E-state index contributed by atoms with van der Waals surface area (Å²) in [6.45, 7) is 0.871. The van der Waals surface area contributed by atoms with Gasteiger partial charge in [0.05, 0.1) is 4.92 Å². The third-order valence-corrected chi connectivity index (χ3v) is 3.22. The fraction of sp³-hybridized carbons (Fsp3) is 0.364. The number of nitrogens with zero attached hydrogens (tertiary/aromatic N) is 5. The lowest BCUT2D eigenvalue weighted by molar-refractivity contribution is -0.383. The van der Waals surface area contributed by atoms with Gasteiger partial charge in [-0.15, -0.1) is 0 Å². The van der Waals surface area contributed by atoms with Gasteiger partial charge < -0.3 is 20.6 Å². The number of rotatable bonds is 2. The molecule has 3 N–H and O–H groups in total. The van der Waals surface area contributed by atoms with E-state index in [9.17, 15) is 14.9 Å². The summed E-state index contributed by atoms with van der Waals surface area (Å²) >= 11 is 0.